The number of amides is 1. The number of carbonyl (C=O) groups is 1. The molecule has 0 fully saturated rings. The molecule has 1 heterocycles. The zero-order valence-electron chi connectivity index (χ0n) is 18.5. The third kappa shape index (κ3) is 6.05. The number of hydrogen-bond acceptors (Lipinski definition) is 4. The summed E-state index contributed by atoms with van der Waals surface area (Å²) in [7, 11) is 0. The van der Waals surface area contributed by atoms with Crippen LogP contribution >= 0.6 is 11.3 Å². The molecule has 7 heteroatoms. The van der Waals surface area contributed by atoms with Crippen LogP contribution in [-0.2, 0) is 17.6 Å². The molecule has 0 spiro atoms. The number of aliphatic hydroxyl groups excluding tert-OH is 1. The predicted molar refractivity (Wildman–Crippen MR) is 127 cm³/mol. The number of fused-ring (bicyclic) bond motifs is 1. The van der Waals surface area contributed by atoms with Crippen LogP contribution in [-0.4, -0.2) is 29.7 Å². The van der Waals surface area contributed by atoms with Crippen molar-refractivity contribution in [3.05, 3.63) is 82.2 Å². The van der Waals surface area contributed by atoms with Crippen molar-refractivity contribution in [1.29, 1.82) is 0 Å². The first-order valence-corrected chi connectivity index (χ1v) is 12.1. The summed E-state index contributed by atoms with van der Waals surface area (Å²) in [6.45, 7) is 1.61. The molecule has 3 aromatic rings. The van der Waals surface area contributed by atoms with Crippen LogP contribution in [0.1, 0.15) is 42.5 Å². The summed E-state index contributed by atoms with van der Waals surface area (Å²) in [6.07, 6.45) is 2.23. The minimum absolute atomic E-state index is 0.0907. The highest BCUT2D eigenvalue weighted by Crippen LogP contribution is 2.34. The van der Waals surface area contributed by atoms with Gasteiger partial charge in [0.2, 0.25) is 5.91 Å². The van der Waals surface area contributed by atoms with Crippen molar-refractivity contribution in [2.24, 2.45) is 0 Å². The Morgan fingerprint density at radius 3 is 2.67 bits per heavy atom. The number of hydrogen-bond donors (Lipinski definition) is 3. The highest BCUT2D eigenvalue weighted by molar-refractivity contribution is 7.13. The second-order valence-electron chi connectivity index (χ2n) is 8.60. The molecule has 1 amide bonds. The fraction of sp³-hybridized carbons (Fsp3) is 0.346. The van der Waals surface area contributed by atoms with E-state index in [0.717, 1.165) is 25.3 Å². The monoisotopic (exact) mass is 470 g/mol. The van der Waals surface area contributed by atoms with E-state index >= 15 is 0 Å². The molecular formula is C26H28F2N2O2S. The lowest BCUT2D eigenvalue weighted by Crippen LogP contribution is -2.48. The fourth-order valence-corrected chi connectivity index (χ4v) is 5.26. The molecule has 1 aliphatic rings. The van der Waals surface area contributed by atoms with Crippen LogP contribution in [0.25, 0.3) is 10.4 Å². The summed E-state index contributed by atoms with van der Waals surface area (Å²) < 4.78 is 27.2. The van der Waals surface area contributed by atoms with E-state index in [2.05, 4.69) is 40.3 Å². The summed E-state index contributed by atoms with van der Waals surface area (Å²) in [5.74, 6) is -1.67. The molecular weight excluding hydrogens is 442 g/mol. The van der Waals surface area contributed by atoms with Crippen LogP contribution in [0.3, 0.4) is 0 Å². The first-order valence-electron chi connectivity index (χ1n) is 11.2. The average Bonchev–Trinajstić information content (AvgIpc) is 3.30. The second kappa shape index (κ2) is 10.5. The first-order chi connectivity index (χ1) is 15.9. The standard InChI is InChI=1S/C26H28F2N2O2S/c1-16(31)30-24(12-17-10-20(27)14-21(28)11-17)25(32)15-29-23-5-2-4-18-7-8-19(13-22(18)23)26-6-3-9-33-26/h3,6-11,13-14,23-25,29,32H,2,4-5,12,15H2,1H3,(H,30,31)/t23-,24-,25+/m0/s1. The molecule has 33 heavy (non-hydrogen) atoms. The summed E-state index contributed by atoms with van der Waals surface area (Å²) >= 11 is 1.70. The van der Waals surface area contributed by atoms with Gasteiger partial charge in [0.1, 0.15) is 11.6 Å². The third-order valence-corrected chi connectivity index (χ3v) is 6.99. The number of aliphatic hydroxyl groups is 1. The van der Waals surface area contributed by atoms with Gasteiger partial charge in [0, 0.05) is 30.5 Å². The lowest BCUT2D eigenvalue weighted by Gasteiger charge is -2.30. The number of halogens is 2. The van der Waals surface area contributed by atoms with Gasteiger partial charge in [0.05, 0.1) is 12.1 Å². The lowest BCUT2D eigenvalue weighted by molar-refractivity contribution is -0.120. The van der Waals surface area contributed by atoms with E-state index in [9.17, 15) is 18.7 Å². The maximum absolute atomic E-state index is 13.6. The van der Waals surface area contributed by atoms with Gasteiger partial charge in [-0.05, 0) is 77.6 Å². The van der Waals surface area contributed by atoms with Crippen LogP contribution in [0, 0.1) is 11.6 Å². The molecule has 0 unspecified atom stereocenters. The summed E-state index contributed by atoms with van der Waals surface area (Å²) in [6, 6.07) is 13.4. The molecule has 0 saturated carbocycles. The van der Waals surface area contributed by atoms with Gasteiger partial charge >= 0.3 is 0 Å². The van der Waals surface area contributed by atoms with Gasteiger partial charge in [-0.1, -0.05) is 18.2 Å². The fourth-order valence-electron chi connectivity index (χ4n) is 4.54. The second-order valence-corrected chi connectivity index (χ2v) is 9.55. The highest BCUT2D eigenvalue weighted by Gasteiger charge is 2.25. The molecule has 0 radical (unpaired) electrons. The molecule has 0 saturated heterocycles. The quantitative estimate of drug-likeness (QED) is 0.445. The topological polar surface area (TPSA) is 61.4 Å². The zero-order valence-corrected chi connectivity index (χ0v) is 19.3. The number of aryl methyl sites for hydroxylation is 1. The minimum atomic E-state index is -0.925. The van der Waals surface area contributed by atoms with E-state index in [4.69, 9.17) is 0 Å². The van der Waals surface area contributed by atoms with E-state index in [-0.39, 0.29) is 24.9 Å². The largest absolute Gasteiger partial charge is 0.390 e. The van der Waals surface area contributed by atoms with E-state index in [1.165, 1.54) is 40.6 Å². The van der Waals surface area contributed by atoms with E-state index < -0.39 is 23.8 Å². The SMILES string of the molecule is CC(=O)N[C@@H](Cc1cc(F)cc(F)c1)[C@H](O)CN[C@H]1CCCc2ccc(-c3cccs3)cc21. The van der Waals surface area contributed by atoms with Gasteiger partial charge in [-0.2, -0.15) is 0 Å². The summed E-state index contributed by atoms with van der Waals surface area (Å²) in [5.41, 5.74) is 4.11. The van der Waals surface area contributed by atoms with Crippen LogP contribution < -0.4 is 10.6 Å². The first kappa shape index (κ1) is 23.5. The molecule has 4 rings (SSSR count). The number of thiophene rings is 1. The van der Waals surface area contributed by atoms with Crippen LogP contribution in [0.2, 0.25) is 0 Å². The molecule has 1 aliphatic carbocycles. The van der Waals surface area contributed by atoms with E-state index in [1.54, 1.807) is 11.3 Å². The smallest absolute Gasteiger partial charge is 0.217 e. The number of carbonyl (C=O) groups excluding carboxylic acids is 1. The van der Waals surface area contributed by atoms with Gasteiger partial charge in [-0.3, -0.25) is 4.79 Å². The molecule has 4 nitrogen and oxygen atoms in total. The van der Waals surface area contributed by atoms with Gasteiger partial charge in [0.25, 0.3) is 0 Å². The molecule has 3 N–H and O–H groups in total. The van der Waals surface area contributed by atoms with Gasteiger partial charge in [0.15, 0.2) is 0 Å². The lowest BCUT2D eigenvalue weighted by atomic mass is 9.86. The number of rotatable bonds is 8. The third-order valence-electron chi connectivity index (χ3n) is 6.07. The van der Waals surface area contributed by atoms with E-state index in [0.29, 0.717) is 5.56 Å². The van der Waals surface area contributed by atoms with Crippen molar-refractivity contribution < 1.29 is 18.7 Å². The average molecular weight is 471 g/mol. The molecule has 174 valence electrons. The summed E-state index contributed by atoms with van der Waals surface area (Å²) in [4.78, 5) is 12.9. The van der Waals surface area contributed by atoms with Crippen LogP contribution in [0.5, 0.6) is 0 Å². The molecule has 0 aliphatic heterocycles. The zero-order chi connectivity index (χ0) is 23.4. The minimum Gasteiger partial charge on any atom is -0.390 e. The molecule has 0 bridgehead atoms. The Bertz CT molecular complexity index is 1080. The Kier molecular flexibility index (Phi) is 7.53. The number of nitrogens with one attached hydrogen (secondary N) is 2. The Balaban J connectivity index is 1.47. The van der Waals surface area contributed by atoms with Crippen molar-refractivity contribution in [2.75, 3.05) is 6.54 Å². The van der Waals surface area contributed by atoms with Crippen LogP contribution in [0.15, 0.2) is 53.9 Å². The van der Waals surface area contributed by atoms with Crippen molar-refractivity contribution in [2.45, 2.75) is 50.8 Å². The summed E-state index contributed by atoms with van der Waals surface area (Å²) in [5, 5.41) is 19.1. The molecule has 2 aromatic carbocycles. The van der Waals surface area contributed by atoms with Gasteiger partial charge < -0.3 is 15.7 Å². The maximum atomic E-state index is 13.6. The maximum Gasteiger partial charge on any atom is 0.217 e. The normalized spacial score (nSPS) is 17.3. The predicted octanol–water partition coefficient (Wildman–Crippen LogP) is 4.77. The highest BCUT2D eigenvalue weighted by atomic mass is 32.1. The van der Waals surface area contributed by atoms with E-state index in [1.807, 2.05) is 6.07 Å². The van der Waals surface area contributed by atoms with Crippen LogP contribution in [0.4, 0.5) is 8.78 Å². The van der Waals surface area contributed by atoms with Crippen molar-refractivity contribution in [3.63, 3.8) is 0 Å². The van der Waals surface area contributed by atoms with Crippen molar-refractivity contribution in [1.82, 2.24) is 10.6 Å². The van der Waals surface area contributed by atoms with Crippen molar-refractivity contribution >= 4 is 17.2 Å². The molecule has 3 atom stereocenters. The number of benzene rings is 2. The Morgan fingerprint density at radius 1 is 1.18 bits per heavy atom. The van der Waals surface area contributed by atoms with Gasteiger partial charge in [-0.25, -0.2) is 8.78 Å². The molecule has 1 aromatic heterocycles. The Labute approximate surface area is 196 Å². The van der Waals surface area contributed by atoms with Crippen molar-refractivity contribution in [3.8, 4) is 10.4 Å². The van der Waals surface area contributed by atoms with Gasteiger partial charge in [-0.15, -0.1) is 11.3 Å². The Hall–Kier alpha value is -2.61. The Morgan fingerprint density at radius 2 is 1.97 bits per heavy atom.